The summed E-state index contributed by atoms with van der Waals surface area (Å²) in [5.41, 5.74) is 2.34. The Kier molecular flexibility index (Phi) is 3.79. The summed E-state index contributed by atoms with van der Waals surface area (Å²) in [6, 6.07) is 14.8. The molecule has 4 heteroatoms. The summed E-state index contributed by atoms with van der Waals surface area (Å²) in [4.78, 5) is 8.81. The van der Waals surface area contributed by atoms with Gasteiger partial charge in [0.1, 0.15) is 0 Å². The molecule has 0 spiro atoms. The zero-order valence-electron chi connectivity index (χ0n) is 10.5. The largest absolute Gasteiger partial charge is 0.334 e. The minimum absolute atomic E-state index is 0.367. The number of benzene rings is 1. The van der Waals surface area contributed by atoms with Crippen molar-refractivity contribution in [3.63, 3.8) is 0 Å². The van der Waals surface area contributed by atoms with Crippen LogP contribution in [-0.4, -0.2) is 21.9 Å². The Labute approximate surface area is 117 Å². The van der Waals surface area contributed by atoms with Crippen molar-refractivity contribution in [1.29, 1.82) is 0 Å². The van der Waals surface area contributed by atoms with E-state index >= 15 is 0 Å². The van der Waals surface area contributed by atoms with Crippen molar-refractivity contribution in [1.82, 2.24) is 4.98 Å². The minimum Gasteiger partial charge on any atom is -0.334 e. The first-order chi connectivity index (χ1) is 9.40. The summed E-state index contributed by atoms with van der Waals surface area (Å²) in [6.07, 6.45) is 4.59. The minimum atomic E-state index is 0.367. The summed E-state index contributed by atoms with van der Waals surface area (Å²) in [7, 11) is 0. The van der Waals surface area contributed by atoms with Gasteiger partial charge in [-0.15, -0.1) is 0 Å². The highest BCUT2D eigenvalue weighted by Crippen LogP contribution is 2.22. The van der Waals surface area contributed by atoms with Crippen LogP contribution < -0.4 is 5.32 Å². The van der Waals surface area contributed by atoms with Crippen LogP contribution in [0.2, 0.25) is 0 Å². The average molecular weight is 269 g/mol. The third-order valence-corrected chi connectivity index (χ3v) is 3.97. The second kappa shape index (κ2) is 5.89. The Morgan fingerprint density at radius 3 is 2.84 bits per heavy atom. The van der Waals surface area contributed by atoms with E-state index in [9.17, 15) is 0 Å². The third kappa shape index (κ3) is 3.35. The van der Waals surface area contributed by atoms with Gasteiger partial charge in [0.15, 0.2) is 5.17 Å². The maximum absolute atomic E-state index is 4.72. The molecule has 0 saturated heterocycles. The Bertz CT molecular complexity index is 554. The van der Waals surface area contributed by atoms with Gasteiger partial charge in [-0.05, 0) is 24.1 Å². The predicted molar refractivity (Wildman–Crippen MR) is 81.7 cm³/mol. The molecule has 0 amide bonds. The van der Waals surface area contributed by atoms with Crippen LogP contribution in [0, 0.1) is 0 Å². The summed E-state index contributed by atoms with van der Waals surface area (Å²) >= 11 is 1.78. The zero-order chi connectivity index (χ0) is 12.9. The van der Waals surface area contributed by atoms with Crippen molar-refractivity contribution in [3.05, 3.63) is 60.4 Å². The van der Waals surface area contributed by atoms with Crippen molar-refractivity contribution in [3.8, 4) is 0 Å². The van der Waals surface area contributed by atoms with Gasteiger partial charge in [-0.3, -0.25) is 9.98 Å². The van der Waals surface area contributed by atoms with Crippen LogP contribution in [0.25, 0.3) is 0 Å². The molecule has 1 atom stereocenters. The second-order valence-electron chi connectivity index (χ2n) is 4.46. The molecule has 1 N–H and O–H groups in total. The highest BCUT2D eigenvalue weighted by molar-refractivity contribution is 8.14. The smallest absolute Gasteiger partial charge is 0.161 e. The monoisotopic (exact) mass is 269 g/mol. The Morgan fingerprint density at radius 1 is 1.16 bits per heavy atom. The van der Waals surface area contributed by atoms with Gasteiger partial charge in [-0.1, -0.05) is 42.1 Å². The molecular weight excluding hydrogens is 254 g/mol. The van der Waals surface area contributed by atoms with Crippen molar-refractivity contribution >= 4 is 22.6 Å². The number of pyridine rings is 1. The number of nitrogens with one attached hydrogen (secondary N) is 1. The molecular formula is C15H15N3S. The lowest BCUT2D eigenvalue weighted by molar-refractivity contribution is 0.762. The predicted octanol–water partition coefficient (Wildman–Crippen LogP) is 3.21. The summed E-state index contributed by atoms with van der Waals surface area (Å²) in [5, 5.41) is 4.30. The number of nitrogens with zero attached hydrogens (tertiary/aromatic N) is 2. The molecule has 2 aromatic rings. The van der Waals surface area contributed by atoms with E-state index in [1.807, 2.05) is 24.4 Å². The van der Waals surface area contributed by atoms with Crippen LogP contribution in [0.15, 0.2) is 59.9 Å². The molecule has 1 aliphatic rings. The SMILES string of the molecule is c1ccc(CC2CSC(Nc3cccnc3)=N2)cc1. The number of anilines is 1. The Balaban J connectivity index is 1.62. The summed E-state index contributed by atoms with van der Waals surface area (Å²) < 4.78 is 0. The highest BCUT2D eigenvalue weighted by Gasteiger charge is 2.18. The number of thioether (sulfide) groups is 1. The normalized spacial score (nSPS) is 18.1. The first kappa shape index (κ1) is 12.2. The van der Waals surface area contributed by atoms with E-state index in [0.717, 1.165) is 23.0 Å². The number of hydrogen-bond acceptors (Lipinski definition) is 4. The Morgan fingerprint density at radius 2 is 2.05 bits per heavy atom. The third-order valence-electron chi connectivity index (χ3n) is 2.94. The average Bonchev–Trinajstić information content (AvgIpc) is 2.88. The fourth-order valence-electron chi connectivity index (χ4n) is 2.03. The van der Waals surface area contributed by atoms with Crippen molar-refractivity contribution < 1.29 is 0 Å². The van der Waals surface area contributed by atoms with Crippen molar-refractivity contribution in [2.75, 3.05) is 11.1 Å². The zero-order valence-corrected chi connectivity index (χ0v) is 11.3. The van der Waals surface area contributed by atoms with E-state index in [1.54, 1.807) is 18.0 Å². The van der Waals surface area contributed by atoms with Gasteiger partial charge in [0.25, 0.3) is 0 Å². The Hall–Kier alpha value is -1.81. The molecule has 2 heterocycles. The lowest BCUT2D eigenvalue weighted by atomic mass is 10.1. The van der Waals surface area contributed by atoms with Crippen LogP contribution in [0.3, 0.4) is 0 Å². The lowest BCUT2D eigenvalue weighted by Crippen LogP contribution is -2.08. The van der Waals surface area contributed by atoms with Gasteiger partial charge in [-0.2, -0.15) is 0 Å². The second-order valence-corrected chi connectivity index (χ2v) is 5.46. The first-order valence-electron chi connectivity index (χ1n) is 6.32. The molecule has 0 aliphatic carbocycles. The number of rotatable bonds is 3. The summed E-state index contributed by atoms with van der Waals surface area (Å²) in [6.45, 7) is 0. The van der Waals surface area contributed by atoms with Crippen LogP contribution in [-0.2, 0) is 6.42 Å². The van der Waals surface area contributed by atoms with Gasteiger partial charge in [0.2, 0.25) is 0 Å². The molecule has 0 fully saturated rings. The number of aliphatic imine (C=N–C) groups is 1. The molecule has 0 saturated carbocycles. The van der Waals surface area contributed by atoms with Crippen molar-refractivity contribution in [2.45, 2.75) is 12.5 Å². The van der Waals surface area contributed by atoms with Gasteiger partial charge in [0, 0.05) is 11.9 Å². The quantitative estimate of drug-likeness (QED) is 0.929. The standard InChI is InChI=1S/C15H15N3S/c1-2-5-12(6-3-1)9-14-11-19-15(18-14)17-13-7-4-8-16-10-13/h1-8,10,14H,9,11H2,(H,17,18). The number of amidine groups is 1. The molecule has 1 aliphatic heterocycles. The highest BCUT2D eigenvalue weighted by atomic mass is 32.2. The van der Waals surface area contributed by atoms with Crippen molar-refractivity contribution in [2.24, 2.45) is 4.99 Å². The fourth-order valence-corrected chi connectivity index (χ4v) is 2.99. The van der Waals surface area contributed by atoms with Crippen LogP contribution >= 0.6 is 11.8 Å². The van der Waals surface area contributed by atoms with E-state index in [1.165, 1.54) is 5.56 Å². The van der Waals surface area contributed by atoms with Crippen LogP contribution in [0.1, 0.15) is 5.56 Å². The van der Waals surface area contributed by atoms with Crippen LogP contribution in [0.4, 0.5) is 5.69 Å². The van der Waals surface area contributed by atoms with Gasteiger partial charge in [-0.25, -0.2) is 0 Å². The van der Waals surface area contributed by atoms with E-state index in [2.05, 4.69) is 34.6 Å². The fraction of sp³-hybridized carbons (Fsp3) is 0.200. The number of hydrogen-bond donors (Lipinski definition) is 1. The van der Waals surface area contributed by atoms with E-state index in [4.69, 9.17) is 4.99 Å². The first-order valence-corrected chi connectivity index (χ1v) is 7.30. The molecule has 1 aromatic heterocycles. The molecule has 1 aromatic carbocycles. The maximum atomic E-state index is 4.72. The summed E-state index contributed by atoms with van der Waals surface area (Å²) in [5.74, 6) is 1.04. The lowest BCUT2D eigenvalue weighted by Gasteiger charge is -2.05. The molecule has 0 radical (unpaired) electrons. The molecule has 3 nitrogen and oxygen atoms in total. The van der Waals surface area contributed by atoms with Gasteiger partial charge < -0.3 is 5.32 Å². The van der Waals surface area contributed by atoms with Gasteiger partial charge in [0.05, 0.1) is 17.9 Å². The molecule has 19 heavy (non-hydrogen) atoms. The molecule has 0 bridgehead atoms. The topological polar surface area (TPSA) is 37.3 Å². The molecule has 96 valence electrons. The molecule has 1 unspecified atom stereocenters. The van der Waals surface area contributed by atoms with Crippen LogP contribution in [0.5, 0.6) is 0 Å². The maximum Gasteiger partial charge on any atom is 0.161 e. The van der Waals surface area contributed by atoms with E-state index in [-0.39, 0.29) is 0 Å². The number of aromatic nitrogens is 1. The van der Waals surface area contributed by atoms with Gasteiger partial charge >= 0.3 is 0 Å². The van der Waals surface area contributed by atoms with E-state index < -0.39 is 0 Å². The molecule has 3 rings (SSSR count). The van der Waals surface area contributed by atoms with E-state index in [0.29, 0.717) is 6.04 Å².